The van der Waals surface area contributed by atoms with Crippen molar-refractivity contribution in [1.29, 1.82) is 0 Å². The number of aryl methyl sites for hydroxylation is 1. The summed E-state index contributed by atoms with van der Waals surface area (Å²) in [6, 6.07) is 7.90. The van der Waals surface area contributed by atoms with E-state index in [4.69, 9.17) is 6.57 Å². The Hall–Kier alpha value is -1.82. The van der Waals surface area contributed by atoms with Crippen molar-refractivity contribution in [3.05, 3.63) is 41.2 Å². The lowest BCUT2D eigenvalue weighted by Crippen LogP contribution is -1.91. The van der Waals surface area contributed by atoms with Crippen LogP contribution >= 0.6 is 0 Å². The van der Waals surface area contributed by atoms with Crippen molar-refractivity contribution in [2.45, 2.75) is 57.8 Å². The van der Waals surface area contributed by atoms with Crippen LogP contribution in [0.3, 0.4) is 0 Å². The van der Waals surface area contributed by atoms with Gasteiger partial charge in [0.15, 0.2) is 5.69 Å². The third-order valence-corrected chi connectivity index (χ3v) is 3.64. The van der Waals surface area contributed by atoms with Crippen molar-refractivity contribution < 1.29 is 9.53 Å². The van der Waals surface area contributed by atoms with Gasteiger partial charge in [-0.05, 0) is 18.4 Å². The first-order valence-electron chi connectivity index (χ1n) is 7.89. The average Bonchev–Trinajstić information content (AvgIpc) is 2.53. The molecule has 0 heterocycles. The van der Waals surface area contributed by atoms with E-state index in [1.807, 2.05) is 18.2 Å². The Kier molecular flexibility index (Phi) is 9.82. The molecule has 1 aromatic rings. The smallest absolute Gasteiger partial charge is 0.293 e. The Balaban J connectivity index is 1.95. The highest BCUT2D eigenvalue weighted by atomic mass is 16.5. The van der Waals surface area contributed by atoms with E-state index in [1.54, 1.807) is 0 Å². The molecule has 3 heteroatoms. The number of carbonyl (C=O) groups excluding carboxylic acids is 1. The first kappa shape index (κ1) is 17.2. The van der Waals surface area contributed by atoms with E-state index in [-0.39, 0.29) is 0 Å². The Morgan fingerprint density at radius 3 is 2.24 bits per heavy atom. The molecule has 0 spiro atoms. The minimum Gasteiger partial charge on any atom is -0.468 e. The summed E-state index contributed by atoms with van der Waals surface area (Å²) in [5.74, 6) is 0. The van der Waals surface area contributed by atoms with Crippen molar-refractivity contribution in [1.82, 2.24) is 0 Å². The third-order valence-electron chi connectivity index (χ3n) is 3.64. The number of benzene rings is 1. The summed E-state index contributed by atoms with van der Waals surface area (Å²) in [7, 11) is 0. The fourth-order valence-corrected chi connectivity index (χ4v) is 2.44. The molecule has 0 aliphatic heterocycles. The van der Waals surface area contributed by atoms with Gasteiger partial charge in [0.05, 0.1) is 13.2 Å². The first-order chi connectivity index (χ1) is 10.4. The molecular formula is C18H25NO2. The van der Waals surface area contributed by atoms with Gasteiger partial charge in [0, 0.05) is 0 Å². The molecule has 0 saturated carbocycles. The molecule has 0 radical (unpaired) electrons. The average molecular weight is 287 g/mol. The number of carbonyl (C=O) groups is 1. The lowest BCUT2D eigenvalue weighted by atomic mass is 10.0. The Labute approximate surface area is 128 Å². The van der Waals surface area contributed by atoms with Crippen molar-refractivity contribution in [2.24, 2.45) is 0 Å². The molecule has 0 saturated heterocycles. The van der Waals surface area contributed by atoms with Crippen LogP contribution in [0.5, 0.6) is 0 Å². The Morgan fingerprint density at radius 2 is 1.57 bits per heavy atom. The predicted octanol–water partition coefficient (Wildman–Crippen LogP) is 5.07. The van der Waals surface area contributed by atoms with E-state index in [0.717, 1.165) is 24.9 Å². The van der Waals surface area contributed by atoms with E-state index >= 15 is 0 Å². The number of hydrogen-bond donors (Lipinski definition) is 0. The topological polar surface area (TPSA) is 30.7 Å². The van der Waals surface area contributed by atoms with Crippen molar-refractivity contribution in [2.75, 3.05) is 6.61 Å². The summed E-state index contributed by atoms with van der Waals surface area (Å²) in [5, 5.41) is 0. The first-order valence-corrected chi connectivity index (χ1v) is 7.89. The molecule has 0 bridgehead atoms. The van der Waals surface area contributed by atoms with E-state index in [9.17, 15) is 4.79 Å². The van der Waals surface area contributed by atoms with Crippen LogP contribution in [0.2, 0.25) is 0 Å². The van der Waals surface area contributed by atoms with E-state index in [0.29, 0.717) is 13.1 Å². The molecule has 21 heavy (non-hydrogen) atoms. The Morgan fingerprint density at radius 1 is 0.952 bits per heavy atom. The van der Waals surface area contributed by atoms with Crippen LogP contribution in [0.4, 0.5) is 5.69 Å². The number of unbranched alkanes of at least 4 members (excludes halogenated alkanes) is 7. The molecule has 0 atom stereocenters. The monoisotopic (exact) mass is 287 g/mol. The molecule has 0 unspecified atom stereocenters. The molecule has 0 amide bonds. The van der Waals surface area contributed by atoms with Crippen molar-refractivity contribution in [3.8, 4) is 0 Å². The molecule has 0 fully saturated rings. The molecular weight excluding hydrogens is 262 g/mol. The van der Waals surface area contributed by atoms with Crippen LogP contribution in [0.25, 0.3) is 4.85 Å². The van der Waals surface area contributed by atoms with Crippen molar-refractivity contribution >= 4 is 12.2 Å². The summed E-state index contributed by atoms with van der Waals surface area (Å²) in [5.41, 5.74) is 1.98. The van der Waals surface area contributed by atoms with E-state index < -0.39 is 0 Å². The van der Waals surface area contributed by atoms with Crippen LogP contribution in [0.15, 0.2) is 24.3 Å². The quantitative estimate of drug-likeness (QED) is 0.305. The fourth-order valence-electron chi connectivity index (χ4n) is 2.44. The summed E-state index contributed by atoms with van der Waals surface area (Å²) >= 11 is 0. The van der Waals surface area contributed by atoms with Gasteiger partial charge in [0.1, 0.15) is 0 Å². The predicted molar refractivity (Wildman–Crippen MR) is 85.4 cm³/mol. The molecule has 1 aromatic carbocycles. The second-order valence-electron chi connectivity index (χ2n) is 5.29. The summed E-state index contributed by atoms with van der Waals surface area (Å²) < 4.78 is 4.65. The summed E-state index contributed by atoms with van der Waals surface area (Å²) in [4.78, 5) is 13.5. The summed E-state index contributed by atoms with van der Waals surface area (Å²) in [6.07, 6.45) is 10.6. The van der Waals surface area contributed by atoms with Gasteiger partial charge in [-0.3, -0.25) is 4.79 Å². The molecule has 0 aromatic heterocycles. The summed E-state index contributed by atoms with van der Waals surface area (Å²) in [6.45, 7) is 8.21. The molecule has 0 aliphatic carbocycles. The highest BCUT2D eigenvalue weighted by molar-refractivity contribution is 5.51. The number of nitrogens with zero attached hydrogens (tertiary/aromatic N) is 1. The van der Waals surface area contributed by atoms with Gasteiger partial charge in [-0.1, -0.05) is 69.2 Å². The minimum atomic E-state index is 0.520. The lowest BCUT2D eigenvalue weighted by Gasteiger charge is -2.04. The second kappa shape index (κ2) is 12.0. The van der Waals surface area contributed by atoms with Crippen LogP contribution in [0.1, 0.15) is 56.9 Å². The zero-order valence-electron chi connectivity index (χ0n) is 12.7. The number of hydrogen-bond acceptors (Lipinski definition) is 2. The van der Waals surface area contributed by atoms with Crippen LogP contribution < -0.4 is 0 Å². The van der Waals surface area contributed by atoms with Gasteiger partial charge in [0.2, 0.25) is 0 Å². The maximum absolute atomic E-state index is 9.94. The van der Waals surface area contributed by atoms with Gasteiger partial charge in [-0.15, -0.1) is 0 Å². The second-order valence-corrected chi connectivity index (χ2v) is 5.29. The van der Waals surface area contributed by atoms with Crippen molar-refractivity contribution in [3.63, 3.8) is 0 Å². The van der Waals surface area contributed by atoms with Crippen LogP contribution in [-0.4, -0.2) is 13.1 Å². The van der Waals surface area contributed by atoms with Gasteiger partial charge in [-0.25, -0.2) is 4.85 Å². The normalized spacial score (nSPS) is 10.0. The van der Waals surface area contributed by atoms with Gasteiger partial charge in [-0.2, -0.15) is 0 Å². The largest absolute Gasteiger partial charge is 0.468 e. The molecule has 114 valence electrons. The number of para-hydroxylation sites is 1. The van der Waals surface area contributed by atoms with Gasteiger partial charge in [0.25, 0.3) is 6.47 Å². The van der Waals surface area contributed by atoms with Crippen LogP contribution in [0, 0.1) is 6.57 Å². The molecule has 0 aliphatic rings. The maximum atomic E-state index is 9.94. The Bertz CT molecular complexity index is 437. The molecule has 1 rings (SSSR count). The number of ether oxygens (including phenoxy) is 1. The number of rotatable bonds is 12. The van der Waals surface area contributed by atoms with Gasteiger partial charge < -0.3 is 4.74 Å². The third kappa shape index (κ3) is 8.14. The fraction of sp³-hybridized carbons (Fsp3) is 0.556. The standard InChI is InChI=1S/C18H25NO2/c1-19-18-14-10-9-13-17(18)12-8-6-4-2-3-5-7-11-15-21-16-20/h9-10,13-14,16H,2-8,11-12,15H2. The highest BCUT2D eigenvalue weighted by Crippen LogP contribution is 2.21. The highest BCUT2D eigenvalue weighted by Gasteiger charge is 2.00. The maximum Gasteiger partial charge on any atom is 0.293 e. The zero-order valence-corrected chi connectivity index (χ0v) is 12.7. The van der Waals surface area contributed by atoms with E-state index in [1.165, 1.54) is 44.1 Å². The molecule has 0 N–H and O–H groups in total. The van der Waals surface area contributed by atoms with Crippen LogP contribution in [-0.2, 0) is 16.0 Å². The van der Waals surface area contributed by atoms with Gasteiger partial charge >= 0.3 is 0 Å². The SMILES string of the molecule is [C-]#[N+]c1ccccc1CCCCCCCCCCOC=O. The van der Waals surface area contributed by atoms with E-state index in [2.05, 4.69) is 15.6 Å². The zero-order chi connectivity index (χ0) is 15.2. The lowest BCUT2D eigenvalue weighted by molar-refractivity contribution is -0.128. The minimum absolute atomic E-state index is 0.520. The molecule has 3 nitrogen and oxygen atoms in total.